The van der Waals surface area contributed by atoms with Crippen molar-refractivity contribution in [3.63, 3.8) is 0 Å². The fourth-order valence-corrected chi connectivity index (χ4v) is 1.23. The molecule has 1 aromatic rings. The molecule has 0 aliphatic carbocycles. The van der Waals surface area contributed by atoms with E-state index in [1.807, 2.05) is 19.1 Å². The molecule has 0 spiro atoms. The molecule has 0 radical (unpaired) electrons. The average molecular weight is 166 g/mol. The number of para-hydroxylation sites is 1. The zero-order valence-electron chi connectivity index (χ0n) is 7.41. The lowest BCUT2D eigenvalue weighted by molar-refractivity contribution is 0.194. The van der Waals surface area contributed by atoms with Gasteiger partial charge in [0.2, 0.25) is 0 Å². The van der Waals surface area contributed by atoms with E-state index in [1.165, 1.54) is 0 Å². The van der Waals surface area contributed by atoms with E-state index in [-0.39, 0.29) is 5.75 Å². The Labute approximate surface area is 72.5 Å². The van der Waals surface area contributed by atoms with Gasteiger partial charge in [0.05, 0.1) is 6.10 Å². The van der Waals surface area contributed by atoms with Crippen LogP contribution in [0.3, 0.4) is 0 Å². The number of aliphatic hydroxyl groups is 1. The Morgan fingerprint density at radius 1 is 1.42 bits per heavy atom. The molecule has 2 nitrogen and oxygen atoms in total. The first-order chi connectivity index (χ1) is 5.66. The van der Waals surface area contributed by atoms with Crippen LogP contribution in [0, 0.1) is 0 Å². The van der Waals surface area contributed by atoms with Crippen LogP contribution in [0.5, 0.6) is 5.75 Å². The van der Waals surface area contributed by atoms with E-state index in [1.54, 1.807) is 13.0 Å². The number of benzene rings is 1. The Bertz CT molecular complexity index is 267. The van der Waals surface area contributed by atoms with Gasteiger partial charge in [0.15, 0.2) is 0 Å². The first kappa shape index (κ1) is 9.07. The highest BCUT2D eigenvalue weighted by Crippen LogP contribution is 2.27. The molecule has 0 saturated carbocycles. The van der Waals surface area contributed by atoms with Crippen LogP contribution in [0.25, 0.3) is 0 Å². The highest BCUT2D eigenvalue weighted by Gasteiger charge is 2.08. The molecule has 2 heteroatoms. The molecule has 1 atom stereocenters. The minimum absolute atomic E-state index is 0.231. The summed E-state index contributed by atoms with van der Waals surface area (Å²) in [6, 6.07) is 5.45. The first-order valence-electron chi connectivity index (χ1n) is 4.15. The summed E-state index contributed by atoms with van der Waals surface area (Å²) in [5, 5.41) is 18.9. The second-order valence-corrected chi connectivity index (χ2v) is 2.88. The Kier molecular flexibility index (Phi) is 2.71. The quantitative estimate of drug-likeness (QED) is 0.705. The van der Waals surface area contributed by atoms with Crippen molar-refractivity contribution < 1.29 is 10.2 Å². The van der Waals surface area contributed by atoms with Gasteiger partial charge in [-0.25, -0.2) is 0 Å². The number of hydrogen-bond donors (Lipinski definition) is 2. The van der Waals surface area contributed by atoms with E-state index in [0.717, 1.165) is 12.0 Å². The minimum atomic E-state index is -0.600. The fraction of sp³-hybridized carbons (Fsp3) is 0.400. The van der Waals surface area contributed by atoms with E-state index in [2.05, 4.69) is 0 Å². The molecule has 2 N–H and O–H groups in total. The van der Waals surface area contributed by atoms with Crippen LogP contribution in [0.4, 0.5) is 0 Å². The summed E-state index contributed by atoms with van der Waals surface area (Å²) in [5.41, 5.74) is 1.49. The monoisotopic (exact) mass is 166 g/mol. The van der Waals surface area contributed by atoms with Crippen molar-refractivity contribution in [3.8, 4) is 5.75 Å². The predicted octanol–water partition coefficient (Wildman–Crippen LogP) is 2.01. The molecule has 1 rings (SSSR count). The molecule has 66 valence electrons. The van der Waals surface area contributed by atoms with Crippen molar-refractivity contribution in [2.75, 3.05) is 0 Å². The number of rotatable bonds is 2. The first-order valence-corrected chi connectivity index (χ1v) is 4.15. The van der Waals surface area contributed by atoms with Crippen LogP contribution in [-0.4, -0.2) is 10.2 Å². The van der Waals surface area contributed by atoms with E-state index >= 15 is 0 Å². The summed E-state index contributed by atoms with van der Waals surface area (Å²) in [6.07, 6.45) is 0.184. The van der Waals surface area contributed by atoms with Gasteiger partial charge in [0, 0.05) is 5.56 Å². The van der Waals surface area contributed by atoms with E-state index in [9.17, 15) is 10.2 Å². The van der Waals surface area contributed by atoms with Gasteiger partial charge in [-0.2, -0.15) is 0 Å². The summed E-state index contributed by atoms with van der Waals surface area (Å²) >= 11 is 0. The molecule has 0 bridgehead atoms. The van der Waals surface area contributed by atoms with Crippen LogP contribution in [0.15, 0.2) is 18.2 Å². The molecule has 12 heavy (non-hydrogen) atoms. The maximum absolute atomic E-state index is 9.60. The van der Waals surface area contributed by atoms with Crippen molar-refractivity contribution in [3.05, 3.63) is 29.3 Å². The minimum Gasteiger partial charge on any atom is -0.507 e. The van der Waals surface area contributed by atoms with Gasteiger partial charge in [-0.1, -0.05) is 25.1 Å². The molecule has 0 fully saturated rings. The lowest BCUT2D eigenvalue weighted by atomic mass is 10.0. The van der Waals surface area contributed by atoms with Crippen LogP contribution in [-0.2, 0) is 6.42 Å². The van der Waals surface area contributed by atoms with Crippen molar-refractivity contribution >= 4 is 0 Å². The largest absolute Gasteiger partial charge is 0.507 e. The second-order valence-electron chi connectivity index (χ2n) is 2.88. The highest BCUT2D eigenvalue weighted by molar-refractivity contribution is 5.41. The topological polar surface area (TPSA) is 40.5 Å². The molecule has 0 aliphatic heterocycles. The van der Waals surface area contributed by atoms with Crippen LogP contribution in [0.2, 0.25) is 0 Å². The molecule has 0 aliphatic rings. The fourth-order valence-electron chi connectivity index (χ4n) is 1.23. The number of aromatic hydroxyl groups is 1. The number of aliphatic hydroxyl groups excluding tert-OH is 1. The number of phenolic OH excluding ortho intramolecular Hbond substituents is 1. The van der Waals surface area contributed by atoms with E-state index < -0.39 is 6.10 Å². The standard InChI is InChI=1S/C10H14O2/c1-3-8-5-4-6-9(7(2)11)10(8)12/h4-7,11-12H,3H2,1-2H3. The van der Waals surface area contributed by atoms with Crippen LogP contribution >= 0.6 is 0 Å². The molecule has 1 unspecified atom stereocenters. The summed E-state index contributed by atoms with van der Waals surface area (Å²) in [7, 11) is 0. The van der Waals surface area contributed by atoms with Crippen molar-refractivity contribution in [1.29, 1.82) is 0 Å². The average Bonchev–Trinajstić information content (AvgIpc) is 2.04. The third-order valence-electron chi connectivity index (χ3n) is 1.98. The van der Waals surface area contributed by atoms with Gasteiger partial charge in [-0.3, -0.25) is 0 Å². The molecule has 0 amide bonds. The van der Waals surface area contributed by atoms with Gasteiger partial charge in [0.1, 0.15) is 5.75 Å². The molecular weight excluding hydrogens is 152 g/mol. The molecule has 0 heterocycles. The van der Waals surface area contributed by atoms with E-state index in [4.69, 9.17) is 0 Å². The maximum Gasteiger partial charge on any atom is 0.124 e. The summed E-state index contributed by atoms with van der Waals surface area (Å²) in [4.78, 5) is 0. The van der Waals surface area contributed by atoms with Crippen LogP contribution < -0.4 is 0 Å². The van der Waals surface area contributed by atoms with E-state index in [0.29, 0.717) is 5.56 Å². The number of phenols is 1. The highest BCUT2D eigenvalue weighted by atomic mass is 16.3. The van der Waals surface area contributed by atoms with Crippen molar-refractivity contribution in [2.45, 2.75) is 26.4 Å². The van der Waals surface area contributed by atoms with Gasteiger partial charge in [0.25, 0.3) is 0 Å². The van der Waals surface area contributed by atoms with Crippen molar-refractivity contribution in [2.24, 2.45) is 0 Å². The Hall–Kier alpha value is -1.02. The summed E-state index contributed by atoms with van der Waals surface area (Å²) < 4.78 is 0. The smallest absolute Gasteiger partial charge is 0.124 e. The predicted molar refractivity (Wildman–Crippen MR) is 48.1 cm³/mol. The SMILES string of the molecule is CCc1cccc(C(C)O)c1O. The van der Waals surface area contributed by atoms with Crippen LogP contribution in [0.1, 0.15) is 31.1 Å². The maximum atomic E-state index is 9.60. The summed E-state index contributed by atoms with van der Waals surface area (Å²) in [5.74, 6) is 0.231. The molecule has 0 aromatic heterocycles. The van der Waals surface area contributed by atoms with Gasteiger partial charge >= 0.3 is 0 Å². The molecular formula is C10H14O2. The third-order valence-corrected chi connectivity index (χ3v) is 1.98. The number of hydrogen-bond acceptors (Lipinski definition) is 2. The van der Waals surface area contributed by atoms with Gasteiger partial charge in [-0.15, -0.1) is 0 Å². The molecule has 1 aromatic carbocycles. The Morgan fingerprint density at radius 2 is 2.08 bits per heavy atom. The van der Waals surface area contributed by atoms with Crippen molar-refractivity contribution in [1.82, 2.24) is 0 Å². The third kappa shape index (κ3) is 1.59. The van der Waals surface area contributed by atoms with Gasteiger partial charge < -0.3 is 10.2 Å². The van der Waals surface area contributed by atoms with Gasteiger partial charge in [-0.05, 0) is 18.9 Å². The lowest BCUT2D eigenvalue weighted by Gasteiger charge is -2.09. The normalized spacial score (nSPS) is 12.9. The second kappa shape index (κ2) is 3.59. The number of aryl methyl sites for hydroxylation is 1. The molecule has 0 saturated heterocycles. The lowest BCUT2D eigenvalue weighted by Crippen LogP contribution is -1.93. The Balaban J connectivity index is 3.14. The Morgan fingerprint density at radius 3 is 2.58 bits per heavy atom. The zero-order valence-corrected chi connectivity index (χ0v) is 7.41. The zero-order chi connectivity index (χ0) is 9.14. The summed E-state index contributed by atoms with van der Waals surface area (Å²) in [6.45, 7) is 3.62.